The number of aromatic nitrogens is 2. The lowest BCUT2D eigenvalue weighted by Gasteiger charge is -2.31. The summed E-state index contributed by atoms with van der Waals surface area (Å²) in [5, 5.41) is 11.2. The van der Waals surface area contributed by atoms with Gasteiger partial charge in [-0.05, 0) is 63.9 Å². The van der Waals surface area contributed by atoms with Crippen LogP contribution in [0.3, 0.4) is 0 Å². The number of carbonyl (C=O) groups is 1. The maximum atomic E-state index is 12.5. The maximum Gasteiger partial charge on any atom is 0.323 e. The van der Waals surface area contributed by atoms with Gasteiger partial charge in [0.05, 0.1) is 11.9 Å². The van der Waals surface area contributed by atoms with Crippen molar-refractivity contribution in [2.45, 2.75) is 64.4 Å². The van der Waals surface area contributed by atoms with E-state index in [1.807, 2.05) is 32.9 Å². The first-order chi connectivity index (χ1) is 18.1. The summed E-state index contributed by atoms with van der Waals surface area (Å²) in [6.07, 6.45) is 3.28. The van der Waals surface area contributed by atoms with Crippen LogP contribution in [0.1, 0.15) is 44.7 Å². The minimum atomic E-state index is -0.498. The zero-order chi connectivity index (χ0) is 27.3. The van der Waals surface area contributed by atoms with E-state index in [1.54, 1.807) is 24.4 Å². The van der Waals surface area contributed by atoms with Gasteiger partial charge in [0, 0.05) is 40.3 Å². The Morgan fingerprint density at radius 1 is 1.16 bits per heavy atom. The number of nitrogen functional groups attached to an aromatic ring is 1. The number of rotatable bonds is 8. The lowest BCUT2D eigenvalue weighted by Crippen LogP contribution is -2.51. The molecule has 1 aromatic heterocycles. The number of hydrogen-bond acceptors (Lipinski definition) is 8. The molecule has 1 saturated heterocycles. The molecule has 0 bridgehead atoms. The summed E-state index contributed by atoms with van der Waals surface area (Å²) >= 11 is 12.6. The van der Waals surface area contributed by atoms with Crippen LogP contribution in [0.2, 0.25) is 10.0 Å². The number of nitrogens with two attached hydrogens (primary N) is 1. The summed E-state index contributed by atoms with van der Waals surface area (Å²) in [5.41, 5.74) is 9.07. The van der Waals surface area contributed by atoms with Crippen molar-refractivity contribution in [1.29, 1.82) is 0 Å². The highest BCUT2D eigenvalue weighted by Crippen LogP contribution is 2.27. The zero-order valence-corrected chi connectivity index (χ0v) is 23.4. The molecule has 5 N–H and O–H groups in total. The molecule has 2 heterocycles. The highest BCUT2D eigenvalue weighted by molar-refractivity contribution is 6.36. The van der Waals surface area contributed by atoms with Crippen molar-refractivity contribution in [3.63, 3.8) is 0 Å². The Morgan fingerprint density at radius 2 is 1.89 bits per heavy atom. The van der Waals surface area contributed by atoms with Gasteiger partial charge >= 0.3 is 5.97 Å². The van der Waals surface area contributed by atoms with Gasteiger partial charge in [-0.1, -0.05) is 47.5 Å². The molecule has 202 valence electrons. The summed E-state index contributed by atoms with van der Waals surface area (Å²) in [6.45, 7) is 7.45. The fraction of sp³-hybridized carbons (Fsp3) is 0.393. The first-order valence-corrected chi connectivity index (χ1v) is 13.4. The number of anilines is 2. The van der Waals surface area contributed by atoms with Crippen molar-refractivity contribution in [2.75, 3.05) is 17.6 Å². The number of nitrogens with one attached hydrogen (secondary N) is 3. The SMILES string of the molecule is CC(C)(C)OC(=O)[C@H]1CC(NCc2cccc(-c3cnc(N)c(NCc4c(Cl)cccc4Cl)n3)c2)CCN1. The Balaban J connectivity index is 1.39. The Hall–Kier alpha value is -2.91. The quantitative estimate of drug-likeness (QED) is 0.280. The normalized spacial score (nSPS) is 17.7. The number of benzene rings is 2. The number of nitrogens with zero attached hydrogens (tertiary/aromatic N) is 2. The van der Waals surface area contributed by atoms with Crippen LogP contribution in [-0.2, 0) is 22.6 Å². The van der Waals surface area contributed by atoms with Gasteiger partial charge in [0.2, 0.25) is 0 Å². The highest BCUT2D eigenvalue weighted by Gasteiger charge is 2.30. The molecular formula is C28H34Cl2N6O2. The predicted molar refractivity (Wildman–Crippen MR) is 153 cm³/mol. The van der Waals surface area contributed by atoms with E-state index in [0.29, 0.717) is 46.9 Å². The van der Waals surface area contributed by atoms with Crippen LogP contribution in [0, 0.1) is 0 Å². The molecule has 8 nitrogen and oxygen atoms in total. The molecule has 2 aromatic carbocycles. The molecule has 10 heteroatoms. The number of esters is 1. The van der Waals surface area contributed by atoms with E-state index in [-0.39, 0.29) is 18.1 Å². The van der Waals surface area contributed by atoms with E-state index >= 15 is 0 Å². The van der Waals surface area contributed by atoms with Crippen LogP contribution in [0.15, 0.2) is 48.7 Å². The van der Waals surface area contributed by atoms with Crippen LogP contribution in [0.25, 0.3) is 11.3 Å². The third kappa shape index (κ3) is 7.57. The fourth-order valence-electron chi connectivity index (χ4n) is 4.30. The standard InChI is InChI=1S/C28H34Cl2N6O2/c1-28(2,3)38-27(37)23-13-19(10-11-32-23)33-14-17-6-4-7-18(12-17)24-16-34-25(31)26(36-24)35-15-20-21(29)8-5-9-22(20)30/h4-9,12,16,19,23,32-33H,10-11,13-15H2,1-3H3,(H2,31,34)(H,35,36)/t19?,23-/m1/s1. The fourth-order valence-corrected chi connectivity index (χ4v) is 4.83. The van der Waals surface area contributed by atoms with Crippen LogP contribution in [0.5, 0.6) is 0 Å². The molecule has 0 saturated carbocycles. The van der Waals surface area contributed by atoms with Gasteiger partial charge in [0.25, 0.3) is 0 Å². The molecule has 3 aromatic rings. The van der Waals surface area contributed by atoms with Crippen molar-refractivity contribution in [2.24, 2.45) is 0 Å². The smallest absolute Gasteiger partial charge is 0.323 e. The third-order valence-corrected chi connectivity index (χ3v) is 6.92. The molecule has 0 amide bonds. The molecule has 0 aliphatic carbocycles. The minimum Gasteiger partial charge on any atom is -0.459 e. The molecule has 1 aliphatic rings. The highest BCUT2D eigenvalue weighted by atomic mass is 35.5. The number of carbonyl (C=O) groups excluding carboxylic acids is 1. The van der Waals surface area contributed by atoms with Crippen molar-refractivity contribution in [3.8, 4) is 11.3 Å². The molecule has 1 fully saturated rings. The van der Waals surface area contributed by atoms with Gasteiger partial charge in [0.15, 0.2) is 11.6 Å². The lowest BCUT2D eigenvalue weighted by atomic mass is 9.98. The predicted octanol–water partition coefficient (Wildman–Crippen LogP) is 5.20. The molecule has 0 spiro atoms. The van der Waals surface area contributed by atoms with Crippen LogP contribution in [0.4, 0.5) is 11.6 Å². The second kappa shape index (κ2) is 12.3. The van der Waals surface area contributed by atoms with Gasteiger partial charge in [0.1, 0.15) is 11.6 Å². The van der Waals surface area contributed by atoms with Crippen LogP contribution < -0.4 is 21.7 Å². The second-order valence-electron chi connectivity index (χ2n) is 10.4. The van der Waals surface area contributed by atoms with Crippen molar-refractivity contribution >= 4 is 40.8 Å². The lowest BCUT2D eigenvalue weighted by molar-refractivity contribution is -0.158. The van der Waals surface area contributed by atoms with E-state index in [2.05, 4.69) is 33.1 Å². The van der Waals surface area contributed by atoms with Gasteiger partial charge in [-0.15, -0.1) is 0 Å². The molecular weight excluding hydrogens is 523 g/mol. The average Bonchev–Trinajstić information content (AvgIpc) is 2.87. The van der Waals surface area contributed by atoms with Crippen molar-refractivity contribution in [3.05, 3.63) is 69.8 Å². The van der Waals surface area contributed by atoms with Gasteiger partial charge in [-0.2, -0.15) is 0 Å². The first-order valence-electron chi connectivity index (χ1n) is 12.7. The van der Waals surface area contributed by atoms with E-state index in [1.165, 1.54) is 0 Å². The molecule has 0 radical (unpaired) electrons. The average molecular weight is 558 g/mol. The summed E-state index contributed by atoms with van der Waals surface area (Å²) < 4.78 is 5.56. The van der Waals surface area contributed by atoms with Crippen molar-refractivity contribution in [1.82, 2.24) is 20.6 Å². The van der Waals surface area contributed by atoms with Crippen LogP contribution >= 0.6 is 23.2 Å². The minimum absolute atomic E-state index is 0.200. The first kappa shape index (κ1) is 28.1. The zero-order valence-electron chi connectivity index (χ0n) is 21.9. The van der Waals surface area contributed by atoms with Gasteiger partial charge in [-0.3, -0.25) is 4.79 Å². The molecule has 1 aliphatic heterocycles. The Labute approximate surface area is 233 Å². The Kier molecular flexibility index (Phi) is 9.10. The third-order valence-electron chi connectivity index (χ3n) is 6.21. The van der Waals surface area contributed by atoms with E-state index in [4.69, 9.17) is 38.7 Å². The second-order valence-corrected chi connectivity index (χ2v) is 11.2. The molecule has 4 rings (SSSR count). The number of halogens is 2. The summed E-state index contributed by atoms with van der Waals surface area (Å²) in [4.78, 5) is 21.5. The summed E-state index contributed by atoms with van der Waals surface area (Å²) in [5.74, 6) is 0.555. The largest absolute Gasteiger partial charge is 0.459 e. The number of hydrogen-bond donors (Lipinski definition) is 4. The number of piperidine rings is 1. The van der Waals surface area contributed by atoms with E-state index < -0.39 is 5.60 Å². The van der Waals surface area contributed by atoms with Crippen molar-refractivity contribution < 1.29 is 9.53 Å². The molecule has 2 atom stereocenters. The van der Waals surface area contributed by atoms with E-state index in [9.17, 15) is 4.79 Å². The summed E-state index contributed by atoms with van der Waals surface area (Å²) in [6, 6.07) is 13.4. The monoisotopic (exact) mass is 556 g/mol. The van der Waals surface area contributed by atoms with Crippen LogP contribution in [-0.4, -0.2) is 40.2 Å². The Morgan fingerprint density at radius 3 is 2.63 bits per heavy atom. The van der Waals surface area contributed by atoms with Gasteiger partial charge < -0.3 is 26.4 Å². The summed E-state index contributed by atoms with van der Waals surface area (Å²) in [7, 11) is 0. The molecule has 1 unspecified atom stereocenters. The van der Waals surface area contributed by atoms with E-state index in [0.717, 1.165) is 29.7 Å². The Bertz CT molecular complexity index is 1260. The molecule has 38 heavy (non-hydrogen) atoms. The van der Waals surface area contributed by atoms with Gasteiger partial charge in [-0.25, -0.2) is 9.97 Å². The maximum absolute atomic E-state index is 12.5. The topological polar surface area (TPSA) is 114 Å². The number of ether oxygens (including phenoxy) is 1.